The van der Waals surface area contributed by atoms with Crippen LogP contribution >= 0.6 is 11.6 Å². The second kappa shape index (κ2) is 4.18. The number of hydrogen-bond acceptors (Lipinski definition) is 4. The highest BCUT2D eigenvalue weighted by Gasteiger charge is 2.14. The molecule has 0 amide bonds. The number of halogens is 2. The third-order valence-corrected chi connectivity index (χ3v) is 2.66. The lowest BCUT2D eigenvalue weighted by atomic mass is 10.0. The Morgan fingerprint density at radius 1 is 1.24 bits per heavy atom. The standard InChI is InChI=1S/C11H10ClFN4/c1-5-9(10(14)17-11(15)16-5)7-4-6(13)2-3-8(7)12/h2-4H,1H3,(H4,14,15,16,17). The highest BCUT2D eigenvalue weighted by molar-refractivity contribution is 6.33. The van der Waals surface area contributed by atoms with Crippen LogP contribution in [0.4, 0.5) is 16.2 Å². The molecular formula is C11H10ClFN4. The van der Waals surface area contributed by atoms with Crippen molar-refractivity contribution in [1.29, 1.82) is 0 Å². The van der Waals surface area contributed by atoms with Gasteiger partial charge in [0.25, 0.3) is 0 Å². The van der Waals surface area contributed by atoms with Gasteiger partial charge in [0, 0.05) is 16.1 Å². The molecule has 4 N–H and O–H groups in total. The average molecular weight is 253 g/mol. The zero-order valence-electron chi connectivity index (χ0n) is 9.04. The number of hydrogen-bond donors (Lipinski definition) is 2. The van der Waals surface area contributed by atoms with Gasteiger partial charge in [-0.1, -0.05) is 11.6 Å². The Kier molecular flexibility index (Phi) is 2.85. The summed E-state index contributed by atoms with van der Waals surface area (Å²) in [7, 11) is 0. The van der Waals surface area contributed by atoms with Crippen LogP contribution in [-0.4, -0.2) is 9.97 Å². The van der Waals surface area contributed by atoms with Gasteiger partial charge in [-0.3, -0.25) is 0 Å². The lowest BCUT2D eigenvalue weighted by Crippen LogP contribution is -2.04. The Morgan fingerprint density at radius 3 is 2.59 bits per heavy atom. The Hall–Kier alpha value is -1.88. The number of nitrogen functional groups attached to an aromatic ring is 2. The molecule has 88 valence electrons. The Morgan fingerprint density at radius 2 is 1.94 bits per heavy atom. The number of benzene rings is 1. The van der Waals surface area contributed by atoms with Crippen molar-refractivity contribution in [2.45, 2.75) is 6.92 Å². The van der Waals surface area contributed by atoms with Crippen molar-refractivity contribution < 1.29 is 4.39 Å². The van der Waals surface area contributed by atoms with E-state index in [4.69, 9.17) is 23.1 Å². The zero-order valence-corrected chi connectivity index (χ0v) is 9.79. The van der Waals surface area contributed by atoms with E-state index >= 15 is 0 Å². The third kappa shape index (κ3) is 2.14. The summed E-state index contributed by atoms with van der Waals surface area (Å²) in [6.07, 6.45) is 0. The molecule has 1 aromatic carbocycles. The summed E-state index contributed by atoms with van der Waals surface area (Å²) < 4.78 is 13.2. The summed E-state index contributed by atoms with van der Waals surface area (Å²) in [5.74, 6) is -0.140. The minimum absolute atomic E-state index is 0.0799. The predicted molar refractivity (Wildman–Crippen MR) is 66.0 cm³/mol. The van der Waals surface area contributed by atoms with Gasteiger partial charge in [0.05, 0.1) is 5.69 Å². The van der Waals surface area contributed by atoms with E-state index in [0.29, 0.717) is 21.8 Å². The van der Waals surface area contributed by atoms with Gasteiger partial charge >= 0.3 is 0 Å². The summed E-state index contributed by atoms with van der Waals surface area (Å²) in [6, 6.07) is 4.03. The maximum absolute atomic E-state index is 13.2. The van der Waals surface area contributed by atoms with Gasteiger partial charge in [0.1, 0.15) is 11.6 Å². The van der Waals surface area contributed by atoms with E-state index in [1.807, 2.05) is 0 Å². The SMILES string of the molecule is Cc1nc(N)nc(N)c1-c1cc(F)ccc1Cl. The first-order valence-electron chi connectivity index (χ1n) is 4.84. The number of rotatable bonds is 1. The molecular weight excluding hydrogens is 243 g/mol. The van der Waals surface area contributed by atoms with E-state index in [-0.39, 0.29) is 11.8 Å². The molecule has 1 heterocycles. The van der Waals surface area contributed by atoms with Gasteiger partial charge in [-0.05, 0) is 25.1 Å². The minimum atomic E-state index is -0.403. The Balaban J connectivity index is 2.72. The van der Waals surface area contributed by atoms with Crippen LogP contribution in [0.3, 0.4) is 0 Å². The molecule has 0 saturated heterocycles. The normalized spacial score (nSPS) is 10.5. The van der Waals surface area contributed by atoms with Crippen molar-refractivity contribution in [2.24, 2.45) is 0 Å². The number of anilines is 2. The molecule has 0 unspecified atom stereocenters. The molecule has 2 aromatic rings. The van der Waals surface area contributed by atoms with E-state index in [1.165, 1.54) is 18.2 Å². The molecule has 17 heavy (non-hydrogen) atoms. The number of nitrogens with zero attached hydrogens (tertiary/aromatic N) is 2. The smallest absolute Gasteiger partial charge is 0.222 e. The molecule has 0 aliphatic heterocycles. The van der Waals surface area contributed by atoms with E-state index in [1.54, 1.807) is 6.92 Å². The van der Waals surface area contributed by atoms with Crippen LogP contribution in [0.2, 0.25) is 5.02 Å². The van der Waals surface area contributed by atoms with Crippen molar-refractivity contribution >= 4 is 23.4 Å². The molecule has 0 bridgehead atoms. The number of aryl methyl sites for hydroxylation is 1. The molecule has 0 fully saturated rings. The van der Waals surface area contributed by atoms with Crippen molar-refractivity contribution in [3.63, 3.8) is 0 Å². The van der Waals surface area contributed by atoms with E-state index in [9.17, 15) is 4.39 Å². The van der Waals surface area contributed by atoms with Crippen molar-refractivity contribution in [3.8, 4) is 11.1 Å². The van der Waals surface area contributed by atoms with Gasteiger partial charge < -0.3 is 11.5 Å². The Labute approximate surface area is 102 Å². The second-order valence-corrected chi connectivity index (χ2v) is 3.96. The molecule has 0 aliphatic rings. The quantitative estimate of drug-likeness (QED) is 0.817. The third-order valence-electron chi connectivity index (χ3n) is 2.33. The summed E-state index contributed by atoms with van der Waals surface area (Å²) >= 11 is 6.01. The van der Waals surface area contributed by atoms with Crippen molar-refractivity contribution in [3.05, 3.63) is 34.7 Å². The Bertz CT molecular complexity index is 563. The van der Waals surface area contributed by atoms with E-state index in [0.717, 1.165) is 0 Å². The largest absolute Gasteiger partial charge is 0.383 e. The topological polar surface area (TPSA) is 77.8 Å². The highest BCUT2D eigenvalue weighted by Crippen LogP contribution is 2.33. The first kappa shape index (κ1) is 11.6. The molecule has 1 aromatic heterocycles. The van der Waals surface area contributed by atoms with Gasteiger partial charge in [-0.2, -0.15) is 4.98 Å². The predicted octanol–water partition coefficient (Wildman–Crippen LogP) is 2.41. The lowest BCUT2D eigenvalue weighted by Gasteiger charge is -2.10. The molecule has 0 saturated carbocycles. The fourth-order valence-corrected chi connectivity index (χ4v) is 1.85. The first-order valence-corrected chi connectivity index (χ1v) is 5.22. The van der Waals surface area contributed by atoms with Crippen LogP contribution in [0.5, 0.6) is 0 Å². The minimum Gasteiger partial charge on any atom is -0.383 e. The maximum Gasteiger partial charge on any atom is 0.222 e. The van der Waals surface area contributed by atoms with Gasteiger partial charge in [-0.25, -0.2) is 9.37 Å². The highest BCUT2D eigenvalue weighted by atomic mass is 35.5. The van der Waals surface area contributed by atoms with E-state index < -0.39 is 5.82 Å². The van der Waals surface area contributed by atoms with Crippen molar-refractivity contribution in [1.82, 2.24) is 9.97 Å². The summed E-state index contributed by atoms with van der Waals surface area (Å²) in [5.41, 5.74) is 12.7. The van der Waals surface area contributed by atoms with Crippen LogP contribution in [0.1, 0.15) is 5.69 Å². The van der Waals surface area contributed by atoms with Crippen LogP contribution in [0.25, 0.3) is 11.1 Å². The molecule has 0 atom stereocenters. The molecule has 0 radical (unpaired) electrons. The maximum atomic E-state index is 13.2. The van der Waals surface area contributed by atoms with Crippen LogP contribution in [-0.2, 0) is 0 Å². The van der Waals surface area contributed by atoms with Gasteiger partial charge in [-0.15, -0.1) is 0 Å². The average Bonchev–Trinajstić information content (AvgIpc) is 2.21. The second-order valence-electron chi connectivity index (χ2n) is 3.55. The number of aromatic nitrogens is 2. The molecule has 4 nitrogen and oxygen atoms in total. The lowest BCUT2D eigenvalue weighted by molar-refractivity contribution is 0.628. The van der Waals surface area contributed by atoms with Gasteiger partial charge in [0.15, 0.2) is 0 Å². The molecule has 6 heteroatoms. The first-order chi connectivity index (χ1) is 7.99. The summed E-state index contributed by atoms with van der Waals surface area (Å²) in [6.45, 7) is 1.71. The number of nitrogens with two attached hydrogens (primary N) is 2. The van der Waals surface area contributed by atoms with Gasteiger partial charge in [0.2, 0.25) is 5.95 Å². The van der Waals surface area contributed by atoms with Crippen LogP contribution in [0.15, 0.2) is 18.2 Å². The fourth-order valence-electron chi connectivity index (χ4n) is 1.64. The van der Waals surface area contributed by atoms with Crippen LogP contribution in [0, 0.1) is 12.7 Å². The van der Waals surface area contributed by atoms with Crippen molar-refractivity contribution in [2.75, 3.05) is 11.5 Å². The monoisotopic (exact) mass is 252 g/mol. The molecule has 2 rings (SSSR count). The molecule has 0 aliphatic carbocycles. The molecule has 0 spiro atoms. The summed E-state index contributed by atoms with van der Waals surface area (Å²) in [4.78, 5) is 7.83. The van der Waals surface area contributed by atoms with E-state index in [2.05, 4.69) is 9.97 Å². The zero-order chi connectivity index (χ0) is 12.6. The van der Waals surface area contributed by atoms with Crippen LogP contribution < -0.4 is 11.5 Å². The summed E-state index contributed by atoms with van der Waals surface area (Å²) in [5, 5.41) is 0.384. The fraction of sp³-hybridized carbons (Fsp3) is 0.0909.